The number of aliphatic carboxylic acids is 1. The van der Waals surface area contributed by atoms with Crippen molar-refractivity contribution >= 4 is 11.9 Å². The molecule has 20 heavy (non-hydrogen) atoms. The van der Waals surface area contributed by atoms with Gasteiger partial charge in [-0.05, 0) is 13.0 Å². The lowest BCUT2D eigenvalue weighted by atomic mass is 10.0. The zero-order valence-electron chi connectivity index (χ0n) is 10.5. The van der Waals surface area contributed by atoms with Crippen molar-refractivity contribution in [3.05, 3.63) is 34.2 Å². The van der Waals surface area contributed by atoms with Crippen molar-refractivity contribution in [2.24, 2.45) is 7.05 Å². The van der Waals surface area contributed by atoms with Gasteiger partial charge in [-0.3, -0.25) is 9.59 Å². The van der Waals surface area contributed by atoms with Crippen LogP contribution in [0.25, 0.3) is 0 Å². The standard InChI is InChI=1S/C11H11F3N2O4/c1-10(9(19)20,11(12,13)14)15-8(18)6-3-4-16(2)7(17)5-6/h3-5H,1-2H3,(H,15,18)(H,19,20). The van der Waals surface area contributed by atoms with E-state index in [9.17, 15) is 27.6 Å². The van der Waals surface area contributed by atoms with Crippen molar-refractivity contribution in [3.8, 4) is 0 Å². The number of nitrogens with zero attached hydrogens (tertiary/aromatic N) is 1. The van der Waals surface area contributed by atoms with Crippen LogP contribution in [0, 0.1) is 0 Å². The summed E-state index contributed by atoms with van der Waals surface area (Å²) in [6, 6.07) is 1.92. The van der Waals surface area contributed by atoms with Crippen molar-refractivity contribution in [1.82, 2.24) is 9.88 Å². The molecule has 0 aromatic carbocycles. The molecule has 0 saturated heterocycles. The fourth-order valence-corrected chi connectivity index (χ4v) is 1.23. The average molecular weight is 292 g/mol. The van der Waals surface area contributed by atoms with Gasteiger partial charge in [0.25, 0.3) is 11.5 Å². The molecule has 1 atom stereocenters. The van der Waals surface area contributed by atoms with Gasteiger partial charge in [0.05, 0.1) is 0 Å². The summed E-state index contributed by atoms with van der Waals surface area (Å²) in [5.41, 5.74) is -4.41. The molecule has 1 aromatic rings. The normalized spacial score (nSPS) is 14.4. The van der Waals surface area contributed by atoms with E-state index in [1.54, 1.807) is 0 Å². The lowest BCUT2D eigenvalue weighted by Crippen LogP contribution is -2.61. The van der Waals surface area contributed by atoms with E-state index in [1.165, 1.54) is 18.6 Å². The number of carboxylic acid groups (broad SMARTS) is 1. The van der Waals surface area contributed by atoms with Crippen LogP contribution in [0.15, 0.2) is 23.1 Å². The van der Waals surface area contributed by atoms with Gasteiger partial charge in [0, 0.05) is 24.9 Å². The Morgan fingerprint density at radius 3 is 2.30 bits per heavy atom. The van der Waals surface area contributed by atoms with Gasteiger partial charge in [-0.25, -0.2) is 4.79 Å². The summed E-state index contributed by atoms with van der Waals surface area (Å²) in [6.07, 6.45) is -4.00. The number of hydrogen-bond acceptors (Lipinski definition) is 3. The quantitative estimate of drug-likeness (QED) is 0.850. The first kappa shape index (κ1) is 15.7. The maximum atomic E-state index is 12.7. The molecule has 1 unspecified atom stereocenters. The van der Waals surface area contributed by atoms with E-state index >= 15 is 0 Å². The van der Waals surface area contributed by atoms with E-state index in [-0.39, 0.29) is 5.56 Å². The lowest BCUT2D eigenvalue weighted by Gasteiger charge is -2.28. The highest BCUT2D eigenvalue weighted by atomic mass is 19.4. The molecule has 0 spiro atoms. The summed E-state index contributed by atoms with van der Waals surface area (Å²) < 4.78 is 39.2. The van der Waals surface area contributed by atoms with Gasteiger partial charge in [-0.1, -0.05) is 0 Å². The van der Waals surface area contributed by atoms with E-state index in [2.05, 4.69) is 0 Å². The third-order valence-electron chi connectivity index (χ3n) is 2.72. The Balaban J connectivity index is 3.13. The number of rotatable bonds is 3. The molecule has 0 aliphatic carbocycles. The van der Waals surface area contributed by atoms with Crippen LogP contribution in [-0.2, 0) is 11.8 Å². The second kappa shape index (κ2) is 4.99. The average Bonchev–Trinajstić information content (AvgIpc) is 2.30. The molecule has 9 heteroatoms. The van der Waals surface area contributed by atoms with E-state index in [0.717, 1.165) is 16.7 Å². The minimum atomic E-state index is -5.19. The number of halogens is 3. The van der Waals surface area contributed by atoms with Gasteiger partial charge in [-0.15, -0.1) is 0 Å². The molecule has 0 fully saturated rings. The minimum Gasteiger partial charge on any atom is -0.479 e. The number of carbonyl (C=O) groups is 2. The molecule has 110 valence electrons. The molecule has 6 nitrogen and oxygen atoms in total. The van der Waals surface area contributed by atoms with Gasteiger partial charge in [0.15, 0.2) is 0 Å². The molecule has 1 aromatic heterocycles. The van der Waals surface area contributed by atoms with E-state index in [4.69, 9.17) is 5.11 Å². The minimum absolute atomic E-state index is 0.328. The number of nitrogens with one attached hydrogen (secondary N) is 1. The number of carboxylic acids is 1. The number of pyridine rings is 1. The van der Waals surface area contributed by atoms with Crippen LogP contribution < -0.4 is 10.9 Å². The van der Waals surface area contributed by atoms with Gasteiger partial charge in [-0.2, -0.15) is 13.2 Å². The van der Waals surface area contributed by atoms with Crippen molar-refractivity contribution in [1.29, 1.82) is 0 Å². The van der Waals surface area contributed by atoms with Crippen LogP contribution in [0.2, 0.25) is 0 Å². The predicted octanol–water partition coefficient (Wildman–Crippen LogP) is 0.521. The first-order chi connectivity index (χ1) is 8.99. The summed E-state index contributed by atoms with van der Waals surface area (Å²) >= 11 is 0. The van der Waals surface area contributed by atoms with Gasteiger partial charge < -0.3 is 15.0 Å². The molecule has 2 N–H and O–H groups in total. The molecule has 1 amide bonds. The molecule has 1 rings (SSSR count). The second-order valence-corrected chi connectivity index (χ2v) is 4.25. The summed E-state index contributed by atoms with van der Waals surface area (Å²) in [5, 5.41) is 10.0. The Morgan fingerprint density at radius 1 is 1.35 bits per heavy atom. The molecule has 0 aliphatic heterocycles. The van der Waals surface area contributed by atoms with Gasteiger partial charge in [0.1, 0.15) is 0 Å². The predicted molar refractivity (Wildman–Crippen MR) is 61.2 cm³/mol. The number of aryl methyl sites for hydroxylation is 1. The van der Waals surface area contributed by atoms with E-state index in [1.807, 2.05) is 0 Å². The number of alkyl halides is 3. The van der Waals surface area contributed by atoms with E-state index in [0.29, 0.717) is 6.92 Å². The maximum absolute atomic E-state index is 12.7. The summed E-state index contributed by atoms with van der Waals surface area (Å²) in [4.78, 5) is 33.7. The highest BCUT2D eigenvalue weighted by molar-refractivity contribution is 5.97. The zero-order chi connectivity index (χ0) is 15.7. The van der Waals surface area contributed by atoms with Crippen molar-refractivity contribution in [3.63, 3.8) is 0 Å². The number of hydrogen-bond donors (Lipinski definition) is 2. The highest BCUT2D eigenvalue weighted by Gasteiger charge is 2.58. The number of amides is 1. The number of carbonyl (C=O) groups excluding carboxylic acids is 1. The molecule has 0 bridgehead atoms. The van der Waals surface area contributed by atoms with Gasteiger partial charge >= 0.3 is 12.1 Å². The van der Waals surface area contributed by atoms with Crippen LogP contribution >= 0.6 is 0 Å². The van der Waals surface area contributed by atoms with Crippen LogP contribution in [0.4, 0.5) is 13.2 Å². The van der Waals surface area contributed by atoms with Gasteiger partial charge in [0.2, 0.25) is 5.54 Å². The summed E-state index contributed by atoms with van der Waals surface area (Å²) in [6.45, 7) is 0.328. The smallest absolute Gasteiger partial charge is 0.422 e. The van der Waals surface area contributed by atoms with Crippen molar-refractivity contribution in [2.75, 3.05) is 0 Å². The van der Waals surface area contributed by atoms with Crippen molar-refractivity contribution < 1.29 is 27.9 Å². The Morgan fingerprint density at radius 2 is 1.90 bits per heavy atom. The summed E-state index contributed by atoms with van der Waals surface area (Å²) in [5.74, 6) is -3.55. The molecule has 0 radical (unpaired) electrons. The molecule has 0 aliphatic rings. The Hall–Kier alpha value is -2.32. The fraction of sp³-hybridized carbons (Fsp3) is 0.364. The van der Waals surface area contributed by atoms with Crippen LogP contribution in [0.5, 0.6) is 0 Å². The largest absolute Gasteiger partial charge is 0.479 e. The highest BCUT2D eigenvalue weighted by Crippen LogP contribution is 2.30. The third-order valence-corrected chi connectivity index (χ3v) is 2.72. The molecule has 1 heterocycles. The first-order valence-electron chi connectivity index (χ1n) is 5.28. The SMILES string of the molecule is Cn1ccc(C(=O)NC(C)(C(=O)O)C(F)(F)F)cc1=O. The topological polar surface area (TPSA) is 88.4 Å². The molecular weight excluding hydrogens is 281 g/mol. The number of aromatic nitrogens is 1. The van der Waals surface area contributed by atoms with Crippen LogP contribution in [-0.4, -0.2) is 33.3 Å². The Labute approximate surface area is 110 Å². The summed E-state index contributed by atoms with van der Waals surface area (Å²) in [7, 11) is 1.39. The monoisotopic (exact) mass is 292 g/mol. The molecule has 0 saturated carbocycles. The third kappa shape index (κ3) is 2.81. The Bertz CT molecular complexity index is 608. The lowest BCUT2D eigenvalue weighted by molar-refractivity contribution is -0.203. The first-order valence-corrected chi connectivity index (χ1v) is 5.28. The maximum Gasteiger partial charge on any atom is 0.422 e. The Kier molecular flexibility index (Phi) is 3.92. The van der Waals surface area contributed by atoms with Crippen LogP contribution in [0.3, 0.4) is 0 Å². The fourth-order valence-electron chi connectivity index (χ4n) is 1.23. The van der Waals surface area contributed by atoms with Crippen LogP contribution in [0.1, 0.15) is 17.3 Å². The van der Waals surface area contributed by atoms with Crippen molar-refractivity contribution in [2.45, 2.75) is 18.6 Å². The zero-order valence-corrected chi connectivity index (χ0v) is 10.5. The molecular formula is C11H11F3N2O4. The second-order valence-electron chi connectivity index (χ2n) is 4.25. The van der Waals surface area contributed by atoms with E-state index < -0.39 is 29.2 Å².